The number of hydrogen-bond donors (Lipinski definition) is 0. The molecule has 3 saturated heterocycles. The van der Waals surface area contributed by atoms with Crippen LogP contribution in [0.2, 0.25) is 0 Å². The topological polar surface area (TPSA) is 60.9 Å². The number of fused-ring (bicyclic) bond motifs is 1. The number of benzene rings is 1. The third-order valence-electron chi connectivity index (χ3n) is 5.94. The highest BCUT2D eigenvalue weighted by Gasteiger charge is 2.43. The zero-order valence-corrected chi connectivity index (χ0v) is 15.7. The third kappa shape index (κ3) is 3.09. The van der Waals surface area contributed by atoms with Crippen molar-refractivity contribution in [1.82, 2.24) is 14.7 Å². The molecule has 2 amide bonds. The van der Waals surface area contributed by atoms with Gasteiger partial charge in [0, 0.05) is 39.3 Å². The van der Waals surface area contributed by atoms with Crippen molar-refractivity contribution >= 4 is 15.9 Å². The molecule has 6 nitrogen and oxygen atoms in total. The smallest absolute Gasteiger partial charge is 0.320 e. The summed E-state index contributed by atoms with van der Waals surface area (Å²) in [4.78, 5) is 18.8. The van der Waals surface area contributed by atoms with E-state index in [1.165, 1.54) is 12.1 Å². The largest absolute Gasteiger partial charge is 0.324 e. The summed E-state index contributed by atoms with van der Waals surface area (Å²) >= 11 is 0. The Balaban J connectivity index is 1.41. The number of nitrogens with zero attached hydrogens (tertiary/aromatic N) is 3. The van der Waals surface area contributed by atoms with Crippen LogP contribution in [0.15, 0.2) is 29.2 Å². The monoisotopic (exact) mass is 381 g/mol. The molecular weight excluding hydrogens is 357 g/mol. The minimum absolute atomic E-state index is 0.0427. The van der Waals surface area contributed by atoms with Crippen molar-refractivity contribution in [3.8, 4) is 0 Å². The second kappa shape index (κ2) is 6.49. The van der Waals surface area contributed by atoms with Crippen LogP contribution in [0.3, 0.4) is 0 Å². The van der Waals surface area contributed by atoms with Gasteiger partial charge >= 0.3 is 6.03 Å². The summed E-state index contributed by atoms with van der Waals surface area (Å²) in [5.41, 5.74) is 0. The van der Waals surface area contributed by atoms with Gasteiger partial charge in [-0.15, -0.1) is 0 Å². The van der Waals surface area contributed by atoms with Gasteiger partial charge in [0.2, 0.25) is 0 Å². The van der Waals surface area contributed by atoms with E-state index in [0.717, 1.165) is 38.3 Å². The van der Waals surface area contributed by atoms with Crippen molar-refractivity contribution < 1.29 is 17.6 Å². The maximum Gasteiger partial charge on any atom is 0.320 e. The van der Waals surface area contributed by atoms with E-state index in [0.29, 0.717) is 24.8 Å². The number of urea groups is 1. The van der Waals surface area contributed by atoms with Crippen LogP contribution in [-0.2, 0) is 9.84 Å². The lowest BCUT2D eigenvalue weighted by atomic mass is 10.0. The lowest BCUT2D eigenvalue weighted by molar-refractivity contribution is 0.167. The second-order valence-corrected chi connectivity index (χ2v) is 10.0. The molecule has 3 heterocycles. The van der Waals surface area contributed by atoms with Gasteiger partial charge in [-0.2, -0.15) is 0 Å². The summed E-state index contributed by atoms with van der Waals surface area (Å²) in [5.74, 6) is 0.605. The molecule has 4 rings (SSSR count). The Morgan fingerprint density at radius 3 is 2.23 bits per heavy atom. The summed E-state index contributed by atoms with van der Waals surface area (Å²) in [6, 6.07) is 4.87. The minimum atomic E-state index is -3.55. The van der Waals surface area contributed by atoms with Gasteiger partial charge in [0.1, 0.15) is 5.82 Å². The SMILES string of the molecule is CN1CC2CN(C(=O)N3CCC(S(=O)(=O)c4ccc(F)cc4)C3)C[C@@H]2C1. The Morgan fingerprint density at radius 1 is 1.00 bits per heavy atom. The van der Waals surface area contributed by atoms with Crippen molar-refractivity contribution in [1.29, 1.82) is 0 Å². The van der Waals surface area contributed by atoms with Crippen LogP contribution >= 0.6 is 0 Å². The van der Waals surface area contributed by atoms with Gasteiger partial charge in [0.25, 0.3) is 0 Å². The highest BCUT2D eigenvalue weighted by atomic mass is 32.2. The summed E-state index contributed by atoms with van der Waals surface area (Å²) in [5, 5.41) is -0.620. The number of hydrogen-bond acceptors (Lipinski definition) is 4. The first-order chi connectivity index (χ1) is 12.3. The molecule has 3 aliphatic rings. The predicted octanol–water partition coefficient (Wildman–Crippen LogP) is 1.29. The molecule has 0 N–H and O–H groups in total. The van der Waals surface area contributed by atoms with Crippen LogP contribution in [0.4, 0.5) is 9.18 Å². The summed E-state index contributed by atoms with van der Waals surface area (Å²) in [6.07, 6.45) is 0.425. The first kappa shape index (κ1) is 17.7. The molecule has 142 valence electrons. The van der Waals surface area contributed by atoms with Crippen LogP contribution < -0.4 is 0 Å². The molecule has 0 spiro atoms. The molecule has 0 saturated carbocycles. The van der Waals surface area contributed by atoms with E-state index in [4.69, 9.17) is 0 Å². The van der Waals surface area contributed by atoms with Gasteiger partial charge in [0.05, 0.1) is 10.1 Å². The first-order valence-corrected chi connectivity index (χ1v) is 10.6. The Labute approximate surface area is 153 Å². The molecule has 2 unspecified atom stereocenters. The zero-order chi connectivity index (χ0) is 18.5. The standard InChI is InChI=1S/C18H24FN3O3S/c1-20-8-13-10-22(11-14(13)9-20)18(23)21-7-6-17(12-21)26(24,25)16-4-2-15(19)3-5-16/h2-5,13-14,17H,6-12H2,1H3/t13-,14?,17?/m0/s1. The van der Waals surface area contributed by atoms with Gasteiger partial charge in [-0.3, -0.25) is 0 Å². The van der Waals surface area contributed by atoms with Crippen LogP contribution in [0.25, 0.3) is 0 Å². The molecule has 0 aliphatic carbocycles. The Kier molecular flexibility index (Phi) is 4.43. The molecular formula is C18H24FN3O3S. The minimum Gasteiger partial charge on any atom is -0.324 e. The molecule has 0 aromatic heterocycles. The number of amides is 2. The lowest BCUT2D eigenvalue weighted by Gasteiger charge is -2.25. The molecule has 3 fully saturated rings. The number of likely N-dealkylation sites (tertiary alicyclic amines) is 3. The molecule has 1 aromatic carbocycles. The maximum atomic E-state index is 13.1. The van der Waals surface area contributed by atoms with Gasteiger partial charge in [-0.05, 0) is 49.6 Å². The van der Waals surface area contributed by atoms with E-state index in [9.17, 15) is 17.6 Å². The van der Waals surface area contributed by atoms with Gasteiger partial charge < -0.3 is 14.7 Å². The highest BCUT2D eigenvalue weighted by Crippen LogP contribution is 2.32. The fourth-order valence-electron chi connectivity index (χ4n) is 4.56. The van der Waals surface area contributed by atoms with Crippen molar-refractivity contribution in [2.45, 2.75) is 16.6 Å². The molecule has 0 bridgehead atoms. The maximum absolute atomic E-state index is 13.1. The molecule has 1 aromatic rings. The first-order valence-electron chi connectivity index (χ1n) is 9.06. The number of halogens is 1. The summed E-state index contributed by atoms with van der Waals surface area (Å²) in [6.45, 7) is 4.24. The highest BCUT2D eigenvalue weighted by molar-refractivity contribution is 7.92. The van der Waals surface area contributed by atoms with E-state index in [2.05, 4.69) is 11.9 Å². The van der Waals surface area contributed by atoms with Crippen LogP contribution in [0.1, 0.15) is 6.42 Å². The van der Waals surface area contributed by atoms with E-state index < -0.39 is 20.9 Å². The average molecular weight is 381 g/mol. The van der Waals surface area contributed by atoms with E-state index in [1.54, 1.807) is 4.90 Å². The number of carbonyl (C=O) groups is 1. The quantitative estimate of drug-likeness (QED) is 0.725. The molecule has 26 heavy (non-hydrogen) atoms. The Hall–Kier alpha value is -1.67. The summed E-state index contributed by atoms with van der Waals surface area (Å²) < 4.78 is 38.6. The fraction of sp³-hybridized carbons (Fsp3) is 0.611. The number of carbonyl (C=O) groups excluding carboxylic acids is 1. The Morgan fingerprint density at radius 2 is 1.62 bits per heavy atom. The number of sulfone groups is 1. The Bertz CT molecular complexity index is 784. The van der Waals surface area contributed by atoms with Crippen LogP contribution in [0.5, 0.6) is 0 Å². The van der Waals surface area contributed by atoms with E-state index in [-0.39, 0.29) is 17.5 Å². The van der Waals surface area contributed by atoms with Crippen LogP contribution in [-0.4, -0.2) is 80.7 Å². The summed E-state index contributed by atoms with van der Waals surface area (Å²) in [7, 11) is -1.45. The van der Waals surface area contributed by atoms with Crippen molar-refractivity contribution in [2.24, 2.45) is 11.8 Å². The fourth-order valence-corrected chi connectivity index (χ4v) is 6.25. The van der Waals surface area contributed by atoms with Gasteiger partial charge in [-0.25, -0.2) is 17.6 Å². The second-order valence-electron chi connectivity index (χ2n) is 7.78. The normalized spacial score (nSPS) is 29.4. The predicted molar refractivity (Wildman–Crippen MR) is 95.0 cm³/mol. The number of rotatable bonds is 2. The molecule has 3 atom stereocenters. The third-order valence-corrected chi connectivity index (χ3v) is 8.13. The lowest BCUT2D eigenvalue weighted by Crippen LogP contribution is -2.43. The van der Waals surface area contributed by atoms with Crippen LogP contribution in [0, 0.1) is 17.7 Å². The van der Waals surface area contributed by atoms with Crippen molar-refractivity contribution in [3.63, 3.8) is 0 Å². The molecule has 8 heteroatoms. The zero-order valence-electron chi connectivity index (χ0n) is 14.8. The van der Waals surface area contributed by atoms with E-state index in [1.807, 2.05) is 4.90 Å². The van der Waals surface area contributed by atoms with Gasteiger partial charge in [-0.1, -0.05) is 0 Å². The van der Waals surface area contributed by atoms with Crippen molar-refractivity contribution in [3.05, 3.63) is 30.1 Å². The average Bonchev–Trinajstić information content (AvgIpc) is 3.29. The van der Waals surface area contributed by atoms with Gasteiger partial charge in [0.15, 0.2) is 9.84 Å². The van der Waals surface area contributed by atoms with Crippen molar-refractivity contribution in [2.75, 3.05) is 46.3 Å². The molecule has 3 aliphatic heterocycles. The molecule has 0 radical (unpaired) electrons. The van der Waals surface area contributed by atoms with E-state index >= 15 is 0 Å².